The van der Waals surface area contributed by atoms with E-state index < -0.39 is 35.2 Å². The number of hydrogen-bond acceptors (Lipinski definition) is 2. The van der Waals surface area contributed by atoms with E-state index in [9.17, 15) is 35.9 Å². The van der Waals surface area contributed by atoms with Gasteiger partial charge in [-0.25, -0.2) is 0 Å². The molecule has 42 heavy (non-hydrogen) atoms. The lowest BCUT2D eigenvalue weighted by molar-refractivity contribution is -0.173. The smallest absolute Gasteiger partial charge is 0.287 e. The zero-order chi connectivity index (χ0) is 30.2. The fourth-order valence-electron chi connectivity index (χ4n) is 6.42. The van der Waals surface area contributed by atoms with Crippen LogP contribution in [0.15, 0.2) is 97.1 Å². The third kappa shape index (κ3) is 3.57. The number of rotatable bonds is 2. The SMILES string of the molecule is O=C(N1c2ccc(Cl)cc2[C@@]2(c3ccccc3)N(C(=O)C(F)(F)F)c3ccc(Cl)cc3[C@@]12c1ccccc1)C(F)(F)F. The van der Waals surface area contributed by atoms with Crippen LogP contribution in [0.1, 0.15) is 22.3 Å². The van der Waals surface area contributed by atoms with Crippen LogP contribution < -0.4 is 9.80 Å². The van der Waals surface area contributed by atoms with Crippen LogP contribution in [0.4, 0.5) is 37.7 Å². The summed E-state index contributed by atoms with van der Waals surface area (Å²) in [6.07, 6.45) is -11.0. The predicted octanol–water partition coefficient (Wildman–Crippen LogP) is 8.00. The maximum atomic E-state index is 14.5. The molecule has 0 saturated heterocycles. The number of nitrogens with zero attached hydrogens (tertiary/aromatic N) is 2. The van der Waals surface area contributed by atoms with Gasteiger partial charge >= 0.3 is 24.2 Å². The Balaban J connectivity index is 1.95. The summed E-state index contributed by atoms with van der Waals surface area (Å²) >= 11 is 12.7. The van der Waals surface area contributed by atoms with E-state index in [0.29, 0.717) is 9.80 Å². The lowest BCUT2D eigenvalue weighted by atomic mass is 9.65. The highest BCUT2D eigenvalue weighted by atomic mass is 35.5. The third-order valence-electron chi connectivity index (χ3n) is 7.65. The molecule has 2 aliphatic rings. The van der Waals surface area contributed by atoms with Gasteiger partial charge in [0.2, 0.25) is 0 Å². The fourth-order valence-corrected chi connectivity index (χ4v) is 6.77. The van der Waals surface area contributed by atoms with Gasteiger partial charge in [-0.05, 0) is 47.5 Å². The molecule has 0 saturated carbocycles. The minimum Gasteiger partial charge on any atom is -0.287 e. The second kappa shape index (κ2) is 9.24. The lowest BCUT2D eigenvalue weighted by Crippen LogP contribution is -2.65. The van der Waals surface area contributed by atoms with Crippen molar-refractivity contribution in [2.75, 3.05) is 9.80 Å². The van der Waals surface area contributed by atoms with Crippen molar-refractivity contribution in [2.45, 2.75) is 23.4 Å². The van der Waals surface area contributed by atoms with Gasteiger partial charge < -0.3 is 0 Å². The molecule has 4 nitrogen and oxygen atoms in total. The number of carbonyl (C=O) groups excluding carboxylic acids is 2. The lowest BCUT2D eigenvalue weighted by Gasteiger charge is -2.49. The molecule has 4 aromatic carbocycles. The zero-order valence-electron chi connectivity index (χ0n) is 21.0. The van der Waals surface area contributed by atoms with Crippen molar-refractivity contribution in [3.63, 3.8) is 0 Å². The summed E-state index contributed by atoms with van der Waals surface area (Å²) in [5, 5.41) is -0.0820. The summed E-state index contributed by atoms with van der Waals surface area (Å²) < 4.78 is 87.2. The molecule has 0 unspecified atom stereocenters. The van der Waals surface area contributed by atoms with Crippen molar-refractivity contribution in [3.05, 3.63) is 129 Å². The Hall–Kier alpha value is -4.02. The maximum Gasteiger partial charge on any atom is 0.471 e. The standard InChI is InChI=1S/C30H16Cl2F6N2O2/c31-19-11-13-23-21(15-19)27(17-7-3-1-4-8-17)28(18-9-5-2-6-10-18,40(23)26(42)30(36,37)38)22-16-20(32)12-14-24(22)39(27)25(41)29(33,34)35/h1-16H/t27-,28-/m1/s1. The highest BCUT2D eigenvalue weighted by Gasteiger charge is 2.77. The fraction of sp³-hybridized carbons (Fsp3) is 0.133. The summed E-state index contributed by atoms with van der Waals surface area (Å²) in [7, 11) is 0. The van der Waals surface area contributed by atoms with Crippen molar-refractivity contribution in [3.8, 4) is 0 Å². The average Bonchev–Trinajstić information content (AvgIpc) is 3.35. The molecular formula is C30H16Cl2F6N2O2. The van der Waals surface area contributed by atoms with Gasteiger partial charge in [-0.15, -0.1) is 0 Å². The van der Waals surface area contributed by atoms with Crippen LogP contribution in [0.25, 0.3) is 0 Å². The van der Waals surface area contributed by atoms with Crippen LogP contribution in [0.5, 0.6) is 0 Å². The van der Waals surface area contributed by atoms with Crippen LogP contribution in [0.2, 0.25) is 10.0 Å². The molecule has 0 fully saturated rings. The van der Waals surface area contributed by atoms with E-state index in [4.69, 9.17) is 23.2 Å². The Kier molecular flexibility index (Phi) is 6.19. The first-order chi connectivity index (χ1) is 19.8. The zero-order valence-corrected chi connectivity index (χ0v) is 22.5. The number of fused-ring (bicyclic) bond motifs is 5. The largest absolute Gasteiger partial charge is 0.471 e. The highest BCUT2D eigenvalue weighted by molar-refractivity contribution is 6.31. The number of anilines is 2. The van der Waals surface area contributed by atoms with E-state index in [1.54, 1.807) is 12.1 Å². The van der Waals surface area contributed by atoms with E-state index in [-0.39, 0.29) is 43.7 Å². The molecule has 2 atom stereocenters. The molecule has 12 heteroatoms. The Morgan fingerprint density at radius 2 is 0.881 bits per heavy atom. The quantitative estimate of drug-likeness (QED) is 0.213. The molecule has 0 bridgehead atoms. The van der Waals surface area contributed by atoms with Gasteiger partial charge in [-0.3, -0.25) is 19.4 Å². The Morgan fingerprint density at radius 1 is 0.548 bits per heavy atom. The van der Waals surface area contributed by atoms with Crippen molar-refractivity contribution < 1.29 is 35.9 Å². The number of hydrogen-bond donors (Lipinski definition) is 0. The van der Waals surface area contributed by atoms with E-state index in [1.807, 2.05) is 0 Å². The van der Waals surface area contributed by atoms with Crippen molar-refractivity contribution in [1.29, 1.82) is 0 Å². The molecule has 2 aliphatic heterocycles. The molecule has 0 radical (unpaired) electrons. The average molecular weight is 621 g/mol. The van der Waals surface area contributed by atoms with Crippen LogP contribution in [0.3, 0.4) is 0 Å². The predicted molar refractivity (Wildman–Crippen MR) is 144 cm³/mol. The van der Waals surface area contributed by atoms with Crippen molar-refractivity contribution in [2.24, 2.45) is 0 Å². The van der Waals surface area contributed by atoms with Crippen molar-refractivity contribution >= 4 is 46.4 Å². The van der Waals surface area contributed by atoms with Crippen LogP contribution in [-0.2, 0) is 20.7 Å². The summed E-state index contributed by atoms with van der Waals surface area (Å²) in [5.74, 6) is -4.72. The first-order valence-corrected chi connectivity index (χ1v) is 13.1. The summed E-state index contributed by atoms with van der Waals surface area (Å²) in [6, 6.07) is 21.7. The number of alkyl halides is 6. The molecule has 6 rings (SSSR count). The molecule has 214 valence electrons. The molecule has 4 aromatic rings. The van der Waals surface area contributed by atoms with Gasteiger partial charge in [0.15, 0.2) is 0 Å². The third-order valence-corrected chi connectivity index (χ3v) is 8.12. The normalized spacial score (nSPS) is 21.1. The minimum atomic E-state index is -5.48. The van der Waals surface area contributed by atoms with Crippen LogP contribution in [0, 0.1) is 0 Å². The number of halogens is 8. The van der Waals surface area contributed by atoms with Gasteiger partial charge in [0.25, 0.3) is 0 Å². The van der Waals surface area contributed by atoms with Gasteiger partial charge in [0.1, 0.15) is 11.1 Å². The van der Waals surface area contributed by atoms with Crippen LogP contribution >= 0.6 is 23.2 Å². The first-order valence-electron chi connectivity index (χ1n) is 12.3. The van der Waals surface area contributed by atoms with E-state index >= 15 is 0 Å². The van der Waals surface area contributed by atoms with Gasteiger partial charge in [-0.2, -0.15) is 26.3 Å². The highest BCUT2D eigenvalue weighted by Crippen LogP contribution is 2.71. The van der Waals surface area contributed by atoms with Crippen LogP contribution in [-0.4, -0.2) is 24.2 Å². The first kappa shape index (κ1) is 28.1. The van der Waals surface area contributed by atoms with Gasteiger partial charge in [0, 0.05) is 21.2 Å². The minimum absolute atomic E-state index is 0.000216. The molecule has 0 spiro atoms. The molecule has 2 amide bonds. The molecule has 0 N–H and O–H groups in total. The molecule has 2 heterocycles. The van der Waals surface area contributed by atoms with E-state index in [1.165, 1.54) is 72.8 Å². The van der Waals surface area contributed by atoms with Crippen molar-refractivity contribution in [1.82, 2.24) is 0 Å². The Bertz CT molecular complexity index is 1620. The van der Waals surface area contributed by atoms with Gasteiger partial charge in [-0.1, -0.05) is 83.9 Å². The second-order valence-electron chi connectivity index (χ2n) is 9.75. The Morgan fingerprint density at radius 3 is 1.19 bits per heavy atom. The molecular weight excluding hydrogens is 605 g/mol. The summed E-state index contributed by atoms with van der Waals surface area (Å²) in [4.78, 5) is 28.0. The summed E-state index contributed by atoms with van der Waals surface area (Å²) in [5.41, 5.74) is -6.05. The number of amides is 2. The topological polar surface area (TPSA) is 40.6 Å². The number of carbonyl (C=O) groups is 2. The van der Waals surface area contributed by atoms with E-state index in [0.717, 1.165) is 12.1 Å². The Labute approximate surface area is 244 Å². The monoisotopic (exact) mass is 620 g/mol. The maximum absolute atomic E-state index is 14.5. The molecule has 0 aliphatic carbocycles. The number of benzene rings is 4. The molecule has 0 aromatic heterocycles. The van der Waals surface area contributed by atoms with E-state index in [2.05, 4.69) is 0 Å². The van der Waals surface area contributed by atoms with Gasteiger partial charge in [0.05, 0.1) is 11.4 Å². The second-order valence-corrected chi connectivity index (χ2v) is 10.6. The summed E-state index contributed by atoms with van der Waals surface area (Å²) in [6.45, 7) is 0.